The van der Waals surface area contributed by atoms with Crippen molar-refractivity contribution < 1.29 is 22.7 Å². The monoisotopic (exact) mass is 436 g/mol. The largest absolute Gasteiger partial charge is 0.456 e. The third-order valence-corrected chi connectivity index (χ3v) is 6.77. The van der Waals surface area contributed by atoms with Crippen LogP contribution in [-0.2, 0) is 24.3 Å². The molecule has 156 valence electrons. The molecule has 7 nitrogen and oxygen atoms in total. The highest BCUT2D eigenvalue weighted by Gasteiger charge is 2.19. The van der Waals surface area contributed by atoms with Gasteiger partial charge in [0.15, 0.2) is 6.61 Å². The van der Waals surface area contributed by atoms with Crippen molar-refractivity contribution in [3.8, 4) is 0 Å². The molecule has 9 heteroatoms. The van der Waals surface area contributed by atoms with E-state index in [-0.39, 0.29) is 11.3 Å². The number of anilines is 1. The van der Waals surface area contributed by atoms with Crippen LogP contribution >= 0.6 is 11.8 Å². The Hall–Kier alpha value is -2.36. The fourth-order valence-corrected chi connectivity index (χ4v) is 4.06. The summed E-state index contributed by atoms with van der Waals surface area (Å²) in [5.74, 6) is -0.450. The van der Waals surface area contributed by atoms with Crippen molar-refractivity contribution in [1.82, 2.24) is 4.31 Å². The van der Waals surface area contributed by atoms with E-state index >= 15 is 0 Å². The van der Waals surface area contributed by atoms with Crippen molar-refractivity contribution >= 4 is 39.3 Å². The Kier molecular flexibility index (Phi) is 8.24. The van der Waals surface area contributed by atoms with E-state index < -0.39 is 28.5 Å². The molecule has 1 amide bonds. The molecule has 0 saturated heterocycles. The van der Waals surface area contributed by atoms with Crippen LogP contribution in [0.15, 0.2) is 58.3 Å². The Labute approximate surface area is 175 Å². The molecule has 0 radical (unpaired) electrons. The van der Waals surface area contributed by atoms with Crippen molar-refractivity contribution in [2.24, 2.45) is 0 Å². The highest BCUT2D eigenvalue weighted by Crippen LogP contribution is 2.22. The van der Waals surface area contributed by atoms with Crippen molar-refractivity contribution in [1.29, 1.82) is 0 Å². The number of amides is 1. The Morgan fingerprint density at radius 2 is 1.79 bits per heavy atom. The van der Waals surface area contributed by atoms with Gasteiger partial charge in [-0.15, -0.1) is 11.8 Å². The number of benzene rings is 2. The van der Waals surface area contributed by atoms with Gasteiger partial charge in [-0.1, -0.05) is 24.3 Å². The van der Waals surface area contributed by atoms with Gasteiger partial charge in [0.25, 0.3) is 5.91 Å². The first-order chi connectivity index (χ1) is 13.7. The smallest absolute Gasteiger partial charge is 0.307 e. The van der Waals surface area contributed by atoms with Crippen LogP contribution in [0.2, 0.25) is 0 Å². The molecule has 1 N–H and O–H groups in total. The lowest BCUT2D eigenvalue weighted by atomic mass is 10.2. The van der Waals surface area contributed by atoms with Crippen LogP contribution in [0.1, 0.15) is 12.0 Å². The minimum atomic E-state index is -3.62. The molecule has 2 aromatic rings. The first-order valence-electron chi connectivity index (χ1n) is 8.86. The van der Waals surface area contributed by atoms with Crippen LogP contribution < -0.4 is 5.32 Å². The zero-order valence-corrected chi connectivity index (χ0v) is 18.2. The maximum Gasteiger partial charge on any atom is 0.307 e. The molecule has 0 spiro atoms. The molecule has 0 bridgehead atoms. The van der Waals surface area contributed by atoms with Gasteiger partial charge in [0.05, 0.1) is 11.3 Å². The predicted octanol–water partition coefficient (Wildman–Crippen LogP) is 2.91. The zero-order valence-electron chi connectivity index (χ0n) is 16.5. The second-order valence-electron chi connectivity index (χ2n) is 6.38. The summed E-state index contributed by atoms with van der Waals surface area (Å²) in [5.41, 5.74) is 1.05. The number of hydrogen-bond donors (Lipinski definition) is 1. The fraction of sp³-hybridized carbons (Fsp3) is 0.300. The molecule has 0 atom stereocenters. The Morgan fingerprint density at radius 1 is 1.10 bits per heavy atom. The molecule has 0 aromatic heterocycles. The average Bonchev–Trinajstić information content (AvgIpc) is 2.68. The fourth-order valence-electron chi connectivity index (χ4n) is 2.28. The van der Waals surface area contributed by atoms with Gasteiger partial charge in [0.1, 0.15) is 0 Å². The summed E-state index contributed by atoms with van der Waals surface area (Å²) in [5, 5.41) is 2.59. The molecule has 0 aliphatic carbocycles. The van der Waals surface area contributed by atoms with Crippen molar-refractivity contribution in [3.05, 3.63) is 54.1 Å². The number of aryl methyl sites for hydroxylation is 1. The number of hydrogen-bond acceptors (Lipinski definition) is 6. The van der Waals surface area contributed by atoms with Gasteiger partial charge in [-0.25, -0.2) is 12.7 Å². The summed E-state index contributed by atoms with van der Waals surface area (Å²) in [6.45, 7) is 1.31. The van der Waals surface area contributed by atoms with Gasteiger partial charge in [0, 0.05) is 30.4 Å². The van der Waals surface area contributed by atoms with Crippen LogP contribution in [0, 0.1) is 6.92 Å². The van der Waals surface area contributed by atoms with E-state index in [1.54, 1.807) is 13.0 Å². The number of nitrogens with zero attached hydrogens (tertiary/aromatic N) is 1. The number of esters is 1. The molecule has 0 unspecified atom stereocenters. The number of rotatable bonds is 9. The number of carbonyl (C=O) groups is 2. The zero-order chi connectivity index (χ0) is 21.4. The van der Waals surface area contributed by atoms with E-state index in [1.807, 2.05) is 30.3 Å². The summed E-state index contributed by atoms with van der Waals surface area (Å²) in [6, 6.07) is 14.2. The normalized spacial score (nSPS) is 11.3. The standard InChI is InChI=1S/C20H24N2O5S2/c1-15-9-10-17(29(25,26)22(2)3)13-18(15)21-19(23)14-27-20(24)11-12-28-16-7-5-4-6-8-16/h4-10,13H,11-12,14H2,1-3H3,(H,21,23). The molecule has 2 rings (SSSR count). The highest BCUT2D eigenvalue weighted by atomic mass is 32.2. The summed E-state index contributed by atoms with van der Waals surface area (Å²) in [7, 11) is -0.750. The second-order valence-corrected chi connectivity index (χ2v) is 9.70. The first-order valence-corrected chi connectivity index (χ1v) is 11.3. The SMILES string of the molecule is Cc1ccc(S(=O)(=O)N(C)C)cc1NC(=O)COC(=O)CCSc1ccccc1. The number of nitrogens with one attached hydrogen (secondary N) is 1. The molecular weight excluding hydrogens is 412 g/mol. The molecule has 0 aliphatic rings. The Balaban J connectivity index is 1.85. The average molecular weight is 437 g/mol. The number of ether oxygens (including phenoxy) is 1. The lowest BCUT2D eigenvalue weighted by molar-refractivity contribution is -0.146. The predicted molar refractivity (Wildman–Crippen MR) is 113 cm³/mol. The van der Waals surface area contributed by atoms with Crippen molar-refractivity contribution in [2.45, 2.75) is 23.1 Å². The quantitative estimate of drug-likeness (QED) is 0.480. The van der Waals surface area contributed by atoms with Gasteiger partial charge in [0.2, 0.25) is 10.0 Å². The summed E-state index contributed by atoms with van der Waals surface area (Å²) >= 11 is 1.53. The van der Waals surface area contributed by atoms with E-state index in [0.29, 0.717) is 17.0 Å². The Bertz CT molecular complexity index is 960. The van der Waals surface area contributed by atoms with Gasteiger partial charge in [-0.2, -0.15) is 0 Å². The van der Waals surface area contributed by atoms with E-state index in [2.05, 4.69) is 5.32 Å². The van der Waals surface area contributed by atoms with Crippen molar-refractivity contribution in [2.75, 3.05) is 31.8 Å². The molecule has 0 heterocycles. The topological polar surface area (TPSA) is 92.8 Å². The van der Waals surface area contributed by atoms with Crippen LogP contribution in [0.5, 0.6) is 0 Å². The lowest BCUT2D eigenvalue weighted by Gasteiger charge is -2.14. The molecule has 2 aromatic carbocycles. The van der Waals surface area contributed by atoms with Gasteiger partial charge >= 0.3 is 5.97 Å². The minimum absolute atomic E-state index is 0.0679. The van der Waals surface area contributed by atoms with Gasteiger partial charge < -0.3 is 10.1 Å². The van der Waals surface area contributed by atoms with E-state index in [4.69, 9.17) is 4.74 Å². The van der Waals surface area contributed by atoms with Crippen LogP contribution in [0.4, 0.5) is 5.69 Å². The van der Waals surface area contributed by atoms with Gasteiger partial charge in [-0.3, -0.25) is 9.59 Å². The number of sulfonamides is 1. The maximum absolute atomic E-state index is 12.2. The number of thioether (sulfide) groups is 1. The molecular formula is C20H24N2O5S2. The number of carbonyl (C=O) groups excluding carboxylic acids is 2. The first kappa shape index (κ1) is 22.9. The minimum Gasteiger partial charge on any atom is -0.456 e. The van der Waals surface area contributed by atoms with Crippen LogP contribution in [0.25, 0.3) is 0 Å². The lowest BCUT2D eigenvalue weighted by Crippen LogP contribution is -2.23. The molecule has 0 fully saturated rings. The molecule has 29 heavy (non-hydrogen) atoms. The Morgan fingerprint density at radius 3 is 2.45 bits per heavy atom. The van der Waals surface area contributed by atoms with E-state index in [1.165, 1.54) is 38.0 Å². The third kappa shape index (κ3) is 6.88. The maximum atomic E-state index is 12.2. The molecule has 0 saturated carbocycles. The summed E-state index contributed by atoms with van der Waals surface area (Å²) in [4.78, 5) is 25.0. The van der Waals surface area contributed by atoms with Crippen LogP contribution in [-0.4, -0.2) is 51.1 Å². The van der Waals surface area contributed by atoms with E-state index in [9.17, 15) is 18.0 Å². The van der Waals surface area contributed by atoms with Crippen molar-refractivity contribution in [3.63, 3.8) is 0 Å². The van der Waals surface area contributed by atoms with Gasteiger partial charge in [-0.05, 0) is 36.8 Å². The second kappa shape index (κ2) is 10.4. The third-order valence-electron chi connectivity index (χ3n) is 3.94. The molecule has 0 aliphatic heterocycles. The van der Waals surface area contributed by atoms with E-state index in [0.717, 1.165) is 9.20 Å². The summed E-state index contributed by atoms with van der Waals surface area (Å²) < 4.78 is 30.6. The van der Waals surface area contributed by atoms with Crippen LogP contribution in [0.3, 0.4) is 0 Å². The summed E-state index contributed by atoms with van der Waals surface area (Å²) in [6.07, 6.45) is 0.183. The highest BCUT2D eigenvalue weighted by molar-refractivity contribution is 7.99.